The third-order valence-electron chi connectivity index (χ3n) is 2.46. The molecule has 0 aliphatic rings. The van der Waals surface area contributed by atoms with Crippen LogP contribution in [0.5, 0.6) is 0 Å². The van der Waals surface area contributed by atoms with Gasteiger partial charge in [0, 0.05) is 10.6 Å². The quantitative estimate of drug-likeness (QED) is 0.866. The molecule has 0 aliphatic carbocycles. The molecule has 0 aromatic heterocycles. The Hall–Kier alpha value is -1.45. The van der Waals surface area contributed by atoms with E-state index in [0.29, 0.717) is 10.6 Å². The molecule has 88 valence electrons. The van der Waals surface area contributed by atoms with E-state index in [4.69, 9.17) is 11.6 Å². The van der Waals surface area contributed by atoms with Crippen LogP contribution in [0.2, 0.25) is 5.02 Å². The van der Waals surface area contributed by atoms with Crippen molar-refractivity contribution in [2.75, 3.05) is 0 Å². The van der Waals surface area contributed by atoms with E-state index < -0.39 is 17.7 Å². The molecule has 0 bridgehead atoms. The molecule has 0 radical (unpaired) electrons. The summed E-state index contributed by atoms with van der Waals surface area (Å²) in [5, 5.41) is 10.5. The van der Waals surface area contributed by atoms with Gasteiger partial charge in [0.2, 0.25) is 0 Å². The van der Waals surface area contributed by atoms with Crippen LogP contribution in [-0.2, 0) is 0 Å². The van der Waals surface area contributed by atoms with Gasteiger partial charge in [0.1, 0.15) is 6.10 Å². The maximum Gasteiger partial charge on any atom is 0.164 e. The standard InChI is InChI=1S/C13H9ClF2O/c14-9-6-4-8(5-7-9)13(17)10-2-1-3-11(15)12(10)16/h1-7,13,17H. The van der Waals surface area contributed by atoms with Crippen molar-refractivity contribution in [2.45, 2.75) is 6.10 Å². The summed E-state index contributed by atoms with van der Waals surface area (Å²) in [4.78, 5) is 0. The highest BCUT2D eigenvalue weighted by molar-refractivity contribution is 6.30. The maximum absolute atomic E-state index is 13.5. The minimum Gasteiger partial charge on any atom is -0.384 e. The van der Waals surface area contributed by atoms with E-state index in [2.05, 4.69) is 0 Å². The molecule has 0 fully saturated rings. The van der Waals surface area contributed by atoms with Crippen molar-refractivity contribution >= 4 is 11.6 Å². The van der Waals surface area contributed by atoms with E-state index in [9.17, 15) is 13.9 Å². The zero-order valence-corrected chi connectivity index (χ0v) is 9.46. The molecular formula is C13H9ClF2O. The van der Waals surface area contributed by atoms with Crippen LogP contribution < -0.4 is 0 Å². The minimum absolute atomic E-state index is 0.0904. The van der Waals surface area contributed by atoms with Gasteiger partial charge in [0.15, 0.2) is 11.6 Å². The highest BCUT2D eigenvalue weighted by Gasteiger charge is 2.17. The fraction of sp³-hybridized carbons (Fsp3) is 0.0769. The van der Waals surface area contributed by atoms with E-state index in [1.807, 2.05) is 0 Å². The van der Waals surface area contributed by atoms with E-state index >= 15 is 0 Å². The van der Waals surface area contributed by atoms with Crippen LogP contribution in [0, 0.1) is 11.6 Å². The average Bonchev–Trinajstić information content (AvgIpc) is 2.33. The monoisotopic (exact) mass is 254 g/mol. The molecule has 2 rings (SSSR count). The van der Waals surface area contributed by atoms with Gasteiger partial charge in [-0.05, 0) is 23.8 Å². The van der Waals surface area contributed by atoms with Crippen LogP contribution >= 0.6 is 11.6 Å². The first-order chi connectivity index (χ1) is 8.09. The zero-order valence-electron chi connectivity index (χ0n) is 8.70. The molecule has 2 aromatic carbocycles. The SMILES string of the molecule is OC(c1ccc(Cl)cc1)c1cccc(F)c1F. The summed E-state index contributed by atoms with van der Waals surface area (Å²) >= 11 is 5.70. The van der Waals surface area contributed by atoms with Gasteiger partial charge in [-0.1, -0.05) is 35.9 Å². The number of hydrogen-bond acceptors (Lipinski definition) is 1. The van der Waals surface area contributed by atoms with Crippen LogP contribution in [0.15, 0.2) is 42.5 Å². The molecule has 0 amide bonds. The van der Waals surface area contributed by atoms with Crippen molar-refractivity contribution in [1.29, 1.82) is 0 Å². The fourth-order valence-electron chi connectivity index (χ4n) is 1.56. The van der Waals surface area contributed by atoms with Crippen LogP contribution in [0.1, 0.15) is 17.2 Å². The Morgan fingerprint density at radius 2 is 1.65 bits per heavy atom. The van der Waals surface area contributed by atoms with Crippen molar-refractivity contribution in [1.82, 2.24) is 0 Å². The first-order valence-corrected chi connectivity index (χ1v) is 5.35. The Bertz CT molecular complexity index is 525. The molecule has 1 nitrogen and oxygen atoms in total. The lowest BCUT2D eigenvalue weighted by Crippen LogP contribution is -2.03. The Morgan fingerprint density at radius 1 is 1.00 bits per heavy atom. The Kier molecular flexibility index (Phi) is 3.41. The smallest absolute Gasteiger partial charge is 0.164 e. The normalized spacial score (nSPS) is 12.5. The lowest BCUT2D eigenvalue weighted by atomic mass is 10.0. The lowest BCUT2D eigenvalue weighted by molar-refractivity contribution is 0.213. The molecule has 0 saturated heterocycles. The lowest BCUT2D eigenvalue weighted by Gasteiger charge is -2.12. The van der Waals surface area contributed by atoms with Crippen molar-refractivity contribution in [2.24, 2.45) is 0 Å². The number of halogens is 3. The van der Waals surface area contributed by atoms with Crippen LogP contribution in [0.25, 0.3) is 0 Å². The first-order valence-electron chi connectivity index (χ1n) is 4.97. The molecule has 1 unspecified atom stereocenters. The van der Waals surface area contributed by atoms with Crippen molar-refractivity contribution in [3.8, 4) is 0 Å². The van der Waals surface area contributed by atoms with E-state index in [1.54, 1.807) is 24.3 Å². The second-order valence-electron chi connectivity index (χ2n) is 3.60. The van der Waals surface area contributed by atoms with Crippen LogP contribution in [0.3, 0.4) is 0 Å². The third-order valence-corrected chi connectivity index (χ3v) is 2.71. The van der Waals surface area contributed by atoms with Gasteiger partial charge in [-0.25, -0.2) is 8.78 Å². The predicted molar refractivity (Wildman–Crippen MR) is 61.9 cm³/mol. The number of aliphatic hydroxyl groups excluding tert-OH is 1. The number of benzene rings is 2. The van der Waals surface area contributed by atoms with E-state index in [0.717, 1.165) is 6.07 Å². The van der Waals surface area contributed by atoms with Gasteiger partial charge >= 0.3 is 0 Å². The van der Waals surface area contributed by atoms with Gasteiger partial charge in [-0.15, -0.1) is 0 Å². The second kappa shape index (κ2) is 4.82. The van der Waals surface area contributed by atoms with E-state index in [1.165, 1.54) is 12.1 Å². The van der Waals surface area contributed by atoms with Crippen molar-refractivity contribution in [3.05, 3.63) is 70.2 Å². The summed E-state index contributed by atoms with van der Waals surface area (Å²) < 4.78 is 26.5. The molecule has 0 saturated carbocycles. The Morgan fingerprint density at radius 3 is 2.29 bits per heavy atom. The molecule has 2 aromatic rings. The number of aliphatic hydroxyl groups is 1. The van der Waals surface area contributed by atoms with Gasteiger partial charge in [-0.2, -0.15) is 0 Å². The summed E-state index contributed by atoms with van der Waals surface area (Å²) in [6.45, 7) is 0. The maximum atomic E-state index is 13.5. The molecule has 17 heavy (non-hydrogen) atoms. The van der Waals surface area contributed by atoms with Gasteiger partial charge < -0.3 is 5.11 Å². The van der Waals surface area contributed by atoms with Gasteiger partial charge in [-0.3, -0.25) is 0 Å². The zero-order chi connectivity index (χ0) is 12.4. The van der Waals surface area contributed by atoms with Gasteiger partial charge in [0.05, 0.1) is 0 Å². The second-order valence-corrected chi connectivity index (χ2v) is 4.03. The topological polar surface area (TPSA) is 20.2 Å². The van der Waals surface area contributed by atoms with Crippen molar-refractivity contribution in [3.63, 3.8) is 0 Å². The summed E-state index contributed by atoms with van der Waals surface area (Å²) in [6.07, 6.45) is -1.21. The molecule has 0 heterocycles. The van der Waals surface area contributed by atoms with E-state index in [-0.39, 0.29) is 5.56 Å². The Balaban J connectivity index is 2.40. The predicted octanol–water partition coefficient (Wildman–Crippen LogP) is 3.70. The molecule has 1 N–H and O–H groups in total. The molecule has 1 atom stereocenters. The average molecular weight is 255 g/mol. The largest absolute Gasteiger partial charge is 0.384 e. The number of rotatable bonds is 2. The molecule has 0 spiro atoms. The van der Waals surface area contributed by atoms with Gasteiger partial charge in [0.25, 0.3) is 0 Å². The summed E-state index contributed by atoms with van der Waals surface area (Å²) in [5.41, 5.74) is 0.367. The summed E-state index contributed by atoms with van der Waals surface area (Å²) in [5.74, 6) is -2.01. The third kappa shape index (κ3) is 2.46. The first kappa shape index (κ1) is 12.0. The van der Waals surface area contributed by atoms with Crippen LogP contribution in [-0.4, -0.2) is 5.11 Å². The molecule has 0 aliphatic heterocycles. The Labute approximate surface area is 102 Å². The summed E-state index contributed by atoms with van der Waals surface area (Å²) in [6, 6.07) is 10.0. The number of hydrogen-bond donors (Lipinski definition) is 1. The fourth-order valence-corrected chi connectivity index (χ4v) is 1.68. The molecular weight excluding hydrogens is 246 g/mol. The summed E-state index contributed by atoms with van der Waals surface area (Å²) in [7, 11) is 0. The molecule has 4 heteroatoms. The van der Waals surface area contributed by atoms with Crippen molar-refractivity contribution < 1.29 is 13.9 Å². The van der Waals surface area contributed by atoms with Crippen LogP contribution in [0.4, 0.5) is 8.78 Å². The highest BCUT2D eigenvalue weighted by atomic mass is 35.5. The highest BCUT2D eigenvalue weighted by Crippen LogP contribution is 2.26. The minimum atomic E-state index is -1.21.